The first-order valence-corrected chi connectivity index (χ1v) is 6.93. The molecule has 0 spiro atoms. The maximum absolute atomic E-state index is 9.91. The van der Waals surface area contributed by atoms with E-state index in [0.717, 1.165) is 12.8 Å². The van der Waals surface area contributed by atoms with Crippen molar-refractivity contribution in [1.82, 2.24) is 5.32 Å². The van der Waals surface area contributed by atoms with E-state index in [1.54, 1.807) is 6.92 Å². The highest BCUT2D eigenvalue weighted by molar-refractivity contribution is 6.42. The van der Waals surface area contributed by atoms with E-state index in [9.17, 15) is 10.1 Å². The van der Waals surface area contributed by atoms with Crippen molar-refractivity contribution >= 4 is 7.12 Å². The summed E-state index contributed by atoms with van der Waals surface area (Å²) < 4.78 is 5.61. The van der Waals surface area contributed by atoms with Crippen molar-refractivity contribution in [3.8, 4) is 0 Å². The molecule has 0 aromatic heterocycles. The maximum atomic E-state index is 9.91. The van der Waals surface area contributed by atoms with E-state index in [0.29, 0.717) is 12.2 Å². The Labute approximate surface area is 112 Å². The molecule has 0 aliphatic rings. The molecule has 18 heavy (non-hydrogen) atoms. The molecule has 0 aliphatic carbocycles. The number of likely N-dealkylation sites (N-methyl/N-ethyl adjacent to an activating group) is 1. The number of hydrogen-bond donors (Lipinski definition) is 3. The summed E-state index contributed by atoms with van der Waals surface area (Å²) in [6, 6.07) is 0.0615. The van der Waals surface area contributed by atoms with Gasteiger partial charge < -0.3 is 20.1 Å². The molecule has 0 saturated heterocycles. The monoisotopic (exact) mass is 259 g/mol. The zero-order valence-corrected chi connectivity index (χ0v) is 12.7. The van der Waals surface area contributed by atoms with E-state index in [4.69, 9.17) is 4.65 Å². The maximum Gasteiger partial charge on any atom is 0.454 e. The second-order valence-corrected chi connectivity index (χ2v) is 5.90. The zero-order valence-electron chi connectivity index (χ0n) is 12.7. The van der Waals surface area contributed by atoms with Crippen LogP contribution >= 0.6 is 0 Å². The van der Waals surface area contributed by atoms with Crippen molar-refractivity contribution < 1.29 is 14.8 Å². The Kier molecular flexibility index (Phi) is 8.11. The van der Waals surface area contributed by atoms with Gasteiger partial charge in [0.05, 0.1) is 6.10 Å². The molecule has 0 amide bonds. The van der Waals surface area contributed by atoms with Gasteiger partial charge >= 0.3 is 7.12 Å². The second kappa shape index (κ2) is 8.15. The minimum Gasteiger partial charge on any atom is -0.427 e. The third-order valence-corrected chi connectivity index (χ3v) is 3.52. The van der Waals surface area contributed by atoms with Crippen molar-refractivity contribution in [2.45, 2.75) is 71.5 Å². The van der Waals surface area contributed by atoms with Gasteiger partial charge in [0.15, 0.2) is 0 Å². The van der Waals surface area contributed by atoms with Crippen molar-refractivity contribution in [3.05, 3.63) is 0 Å². The van der Waals surface area contributed by atoms with Crippen LogP contribution in [0.25, 0.3) is 0 Å². The van der Waals surface area contributed by atoms with Crippen LogP contribution in [0.5, 0.6) is 0 Å². The molecule has 3 atom stereocenters. The van der Waals surface area contributed by atoms with Crippen LogP contribution < -0.4 is 5.32 Å². The van der Waals surface area contributed by atoms with Crippen LogP contribution in [0.2, 0.25) is 6.32 Å². The SMILES string of the molecule is CCC(C)(C)OB(O)C[C@@H](C)CC(NC)C(C)O. The first-order valence-electron chi connectivity index (χ1n) is 6.93. The molecule has 3 N–H and O–H groups in total. The zero-order chi connectivity index (χ0) is 14.3. The first-order chi connectivity index (χ1) is 8.21. The third-order valence-electron chi connectivity index (χ3n) is 3.52. The van der Waals surface area contributed by atoms with Crippen molar-refractivity contribution in [3.63, 3.8) is 0 Å². The lowest BCUT2D eigenvalue weighted by molar-refractivity contribution is 0.0755. The van der Waals surface area contributed by atoms with Crippen LogP contribution in [-0.4, -0.2) is 42.0 Å². The Balaban J connectivity index is 4.11. The molecular weight excluding hydrogens is 229 g/mol. The van der Waals surface area contributed by atoms with E-state index < -0.39 is 7.12 Å². The minimum absolute atomic E-state index is 0.0615. The Bertz CT molecular complexity index is 224. The predicted octanol–water partition coefficient (Wildman–Crippen LogP) is 1.67. The molecule has 0 rings (SSSR count). The molecule has 0 aromatic carbocycles. The number of aliphatic hydroxyl groups excluding tert-OH is 1. The van der Waals surface area contributed by atoms with Gasteiger partial charge in [-0.3, -0.25) is 0 Å². The van der Waals surface area contributed by atoms with E-state index >= 15 is 0 Å². The summed E-state index contributed by atoms with van der Waals surface area (Å²) in [6.45, 7) is 9.85. The van der Waals surface area contributed by atoms with Gasteiger partial charge in [0.2, 0.25) is 0 Å². The Morgan fingerprint density at radius 3 is 2.28 bits per heavy atom. The molecule has 0 bridgehead atoms. The van der Waals surface area contributed by atoms with Crippen molar-refractivity contribution in [2.75, 3.05) is 7.05 Å². The van der Waals surface area contributed by atoms with Crippen LogP contribution in [0.1, 0.15) is 47.5 Å². The number of aliphatic hydroxyl groups is 1. The van der Waals surface area contributed by atoms with Gasteiger partial charge in [-0.1, -0.05) is 13.8 Å². The lowest BCUT2D eigenvalue weighted by Crippen LogP contribution is -2.39. The Hall–Kier alpha value is -0.0951. The Morgan fingerprint density at radius 2 is 1.89 bits per heavy atom. The molecule has 0 aliphatic heterocycles. The summed E-state index contributed by atoms with van der Waals surface area (Å²) in [5.74, 6) is 0.291. The van der Waals surface area contributed by atoms with E-state index in [-0.39, 0.29) is 17.7 Å². The highest BCUT2D eigenvalue weighted by Crippen LogP contribution is 2.20. The number of nitrogens with one attached hydrogen (secondary N) is 1. The molecule has 4 nitrogen and oxygen atoms in total. The minimum atomic E-state index is -0.735. The van der Waals surface area contributed by atoms with Gasteiger partial charge in [-0.25, -0.2) is 0 Å². The summed E-state index contributed by atoms with van der Waals surface area (Å²) in [7, 11) is 1.11. The summed E-state index contributed by atoms with van der Waals surface area (Å²) in [4.78, 5) is 0. The second-order valence-electron chi connectivity index (χ2n) is 5.90. The molecule has 0 fully saturated rings. The highest BCUT2D eigenvalue weighted by atomic mass is 16.5. The van der Waals surface area contributed by atoms with Gasteiger partial charge in [-0.05, 0) is 52.9 Å². The molecule has 0 saturated carbocycles. The molecule has 0 radical (unpaired) electrons. The fraction of sp³-hybridized carbons (Fsp3) is 1.00. The molecule has 5 heteroatoms. The molecule has 0 aromatic rings. The highest BCUT2D eigenvalue weighted by Gasteiger charge is 2.27. The van der Waals surface area contributed by atoms with Crippen LogP contribution in [0.4, 0.5) is 0 Å². The van der Waals surface area contributed by atoms with Crippen LogP contribution in [0, 0.1) is 5.92 Å². The predicted molar refractivity (Wildman–Crippen MR) is 76.5 cm³/mol. The smallest absolute Gasteiger partial charge is 0.427 e. The lowest BCUT2D eigenvalue weighted by Gasteiger charge is -2.28. The standard InChI is InChI=1S/C13H30BNO3/c1-7-13(4,5)18-14(17)9-10(2)8-12(15-6)11(3)16/h10-12,15-17H,7-9H2,1-6H3/t10-,11?,12?/m0/s1. The van der Waals surface area contributed by atoms with Crippen LogP contribution in [-0.2, 0) is 4.65 Å². The Morgan fingerprint density at radius 1 is 1.33 bits per heavy atom. The molecule has 2 unspecified atom stereocenters. The van der Waals surface area contributed by atoms with Gasteiger partial charge in [0.1, 0.15) is 0 Å². The van der Waals surface area contributed by atoms with Gasteiger partial charge in [0.25, 0.3) is 0 Å². The van der Waals surface area contributed by atoms with Crippen LogP contribution in [0.3, 0.4) is 0 Å². The molecule has 0 heterocycles. The average molecular weight is 259 g/mol. The van der Waals surface area contributed by atoms with Crippen LogP contribution in [0.15, 0.2) is 0 Å². The quantitative estimate of drug-likeness (QED) is 0.551. The van der Waals surface area contributed by atoms with E-state index in [2.05, 4.69) is 12.2 Å². The first kappa shape index (κ1) is 17.9. The normalized spacial score (nSPS) is 17.3. The topological polar surface area (TPSA) is 61.7 Å². The third kappa shape index (κ3) is 7.36. The average Bonchev–Trinajstić information content (AvgIpc) is 2.24. The lowest BCUT2D eigenvalue weighted by atomic mass is 9.75. The molecular formula is C13H30BNO3. The van der Waals surface area contributed by atoms with E-state index in [1.807, 2.05) is 27.8 Å². The van der Waals surface area contributed by atoms with Gasteiger partial charge in [0, 0.05) is 11.6 Å². The number of hydrogen-bond acceptors (Lipinski definition) is 4. The summed E-state index contributed by atoms with van der Waals surface area (Å²) in [5, 5.41) is 22.6. The van der Waals surface area contributed by atoms with Crippen molar-refractivity contribution in [2.24, 2.45) is 5.92 Å². The fourth-order valence-electron chi connectivity index (χ4n) is 1.93. The molecule has 108 valence electrons. The summed E-state index contributed by atoms with van der Waals surface area (Å²) in [5.41, 5.74) is -0.286. The van der Waals surface area contributed by atoms with E-state index in [1.165, 1.54) is 0 Å². The van der Waals surface area contributed by atoms with Crippen molar-refractivity contribution in [1.29, 1.82) is 0 Å². The summed E-state index contributed by atoms with van der Waals surface area (Å²) >= 11 is 0. The van der Waals surface area contributed by atoms with Gasteiger partial charge in [-0.2, -0.15) is 0 Å². The number of rotatable bonds is 9. The fourth-order valence-corrected chi connectivity index (χ4v) is 1.93. The summed E-state index contributed by atoms with van der Waals surface area (Å²) in [6.07, 6.45) is 1.89. The van der Waals surface area contributed by atoms with Gasteiger partial charge in [-0.15, -0.1) is 0 Å². The largest absolute Gasteiger partial charge is 0.454 e.